The molecule has 1 aromatic heterocycles. The van der Waals surface area contributed by atoms with Crippen molar-refractivity contribution in [1.82, 2.24) is 20.1 Å². The normalized spacial score (nSPS) is 19.6. The molecule has 2 saturated heterocycles. The highest BCUT2D eigenvalue weighted by Crippen LogP contribution is 2.26. The van der Waals surface area contributed by atoms with Crippen molar-refractivity contribution < 1.29 is 9.53 Å². The molecule has 0 unspecified atom stereocenters. The van der Waals surface area contributed by atoms with Gasteiger partial charge in [-0.3, -0.25) is 14.6 Å². The molecule has 0 saturated carbocycles. The van der Waals surface area contributed by atoms with Gasteiger partial charge in [0.05, 0.1) is 29.8 Å². The van der Waals surface area contributed by atoms with Crippen molar-refractivity contribution in [3.63, 3.8) is 0 Å². The van der Waals surface area contributed by atoms with Crippen LogP contribution in [0.3, 0.4) is 0 Å². The second-order valence-corrected chi connectivity index (χ2v) is 8.75. The summed E-state index contributed by atoms with van der Waals surface area (Å²) in [6, 6.07) is 1.71. The van der Waals surface area contributed by atoms with Crippen molar-refractivity contribution in [2.75, 3.05) is 70.5 Å². The molecule has 0 atom stereocenters. The first kappa shape index (κ1) is 21.6. The highest BCUT2D eigenvalue weighted by molar-refractivity contribution is 6.36. The number of carbonyl (C=O) groups is 1. The van der Waals surface area contributed by atoms with E-state index in [0.717, 1.165) is 58.3 Å². The number of halogens is 2. The summed E-state index contributed by atoms with van der Waals surface area (Å²) < 4.78 is 5.42. The number of nitrogens with zero attached hydrogens (tertiary/aromatic N) is 4. The number of aromatic nitrogens is 1. The maximum Gasteiger partial charge on any atom is 0.234 e. The molecule has 9 heteroatoms. The van der Waals surface area contributed by atoms with Crippen LogP contribution in [0.25, 0.3) is 0 Å². The van der Waals surface area contributed by atoms with Crippen LogP contribution in [0.5, 0.6) is 0 Å². The fourth-order valence-corrected chi connectivity index (χ4v) is 4.11. The number of piperazine rings is 1. The number of pyridine rings is 1. The smallest absolute Gasteiger partial charge is 0.234 e. The Morgan fingerprint density at radius 2 is 1.86 bits per heavy atom. The predicted octanol–water partition coefficient (Wildman–Crippen LogP) is 1.74. The van der Waals surface area contributed by atoms with E-state index in [1.54, 1.807) is 12.3 Å². The van der Waals surface area contributed by atoms with Crippen LogP contribution in [0.2, 0.25) is 10.0 Å². The molecular weight excluding hydrogens is 401 g/mol. The third kappa shape index (κ3) is 5.70. The summed E-state index contributed by atoms with van der Waals surface area (Å²) in [4.78, 5) is 23.4. The molecule has 2 aliphatic heterocycles. The van der Waals surface area contributed by atoms with Crippen molar-refractivity contribution in [2.45, 2.75) is 19.4 Å². The molecule has 1 aromatic rings. The zero-order valence-electron chi connectivity index (χ0n) is 16.6. The van der Waals surface area contributed by atoms with E-state index in [1.807, 2.05) is 0 Å². The molecule has 7 nitrogen and oxygen atoms in total. The summed E-state index contributed by atoms with van der Waals surface area (Å²) in [5.41, 5.74) is -0.0743. The maximum atomic E-state index is 12.4. The Labute approximate surface area is 176 Å². The summed E-state index contributed by atoms with van der Waals surface area (Å²) in [6.07, 6.45) is 1.61. The van der Waals surface area contributed by atoms with Gasteiger partial charge in [-0.15, -0.1) is 0 Å². The molecule has 2 fully saturated rings. The van der Waals surface area contributed by atoms with Crippen molar-refractivity contribution >= 4 is 34.9 Å². The summed E-state index contributed by atoms with van der Waals surface area (Å²) in [7, 11) is 0. The highest BCUT2D eigenvalue weighted by Gasteiger charge is 2.29. The minimum atomic E-state index is -0.0743. The Kier molecular flexibility index (Phi) is 7.39. The number of ether oxygens (including phenoxy) is 1. The molecule has 156 valence electrons. The second kappa shape index (κ2) is 9.59. The number of carbonyl (C=O) groups excluding carboxylic acids is 1. The van der Waals surface area contributed by atoms with Crippen LogP contribution < -0.4 is 10.2 Å². The van der Waals surface area contributed by atoms with Crippen molar-refractivity contribution in [3.05, 3.63) is 22.3 Å². The van der Waals surface area contributed by atoms with Gasteiger partial charge in [-0.25, -0.2) is 4.98 Å². The molecule has 0 aromatic carbocycles. The first-order chi connectivity index (χ1) is 13.3. The van der Waals surface area contributed by atoms with Gasteiger partial charge < -0.3 is 15.0 Å². The average molecular weight is 430 g/mol. The zero-order valence-corrected chi connectivity index (χ0v) is 18.1. The molecule has 0 radical (unpaired) electrons. The maximum absolute atomic E-state index is 12.4. The number of amides is 1. The minimum Gasteiger partial charge on any atom is -0.379 e. The lowest BCUT2D eigenvalue weighted by Gasteiger charge is -2.41. The van der Waals surface area contributed by atoms with Gasteiger partial charge in [0.15, 0.2) is 0 Å². The topological polar surface area (TPSA) is 60.9 Å². The first-order valence-electron chi connectivity index (χ1n) is 9.73. The molecule has 2 aliphatic rings. The largest absolute Gasteiger partial charge is 0.379 e. The van der Waals surface area contributed by atoms with E-state index in [1.165, 1.54) is 0 Å². The van der Waals surface area contributed by atoms with Gasteiger partial charge in [-0.1, -0.05) is 23.2 Å². The Morgan fingerprint density at radius 3 is 2.50 bits per heavy atom. The molecule has 1 N–H and O–H groups in total. The van der Waals surface area contributed by atoms with Crippen LogP contribution in [0.1, 0.15) is 13.8 Å². The summed E-state index contributed by atoms with van der Waals surface area (Å²) >= 11 is 12.2. The van der Waals surface area contributed by atoms with Crippen molar-refractivity contribution in [2.24, 2.45) is 0 Å². The Morgan fingerprint density at radius 1 is 1.18 bits per heavy atom. The van der Waals surface area contributed by atoms with Gasteiger partial charge in [0.2, 0.25) is 5.91 Å². The first-order valence-corrected chi connectivity index (χ1v) is 10.5. The molecule has 28 heavy (non-hydrogen) atoms. The number of hydrogen-bond donors (Lipinski definition) is 1. The van der Waals surface area contributed by atoms with Crippen LogP contribution in [0.15, 0.2) is 12.3 Å². The summed E-state index contributed by atoms with van der Waals surface area (Å²) in [5, 5.41) is 4.19. The van der Waals surface area contributed by atoms with Gasteiger partial charge in [0.25, 0.3) is 0 Å². The minimum absolute atomic E-state index is 0.0671. The van der Waals surface area contributed by atoms with E-state index in [0.29, 0.717) is 23.1 Å². The third-order valence-electron chi connectivity index (χ3n) is 5.41. The lowest BCUT2D eigenvalue weighted by atomic mass is 10.0. The van der Waals surface area contributed by atoms with Crippen molar-refractivity contribution in [3.8, 4) is 0 Å². The fraction of sp³-hybridized carbons (Fsp3) is 0.684. The zero-order chi connectivity index (χ0) is 20.1. The van der Waals surface area contributed by atoms with Gasteiger partial charge in [-0.2, -0.15) is 0 Å². The Balaban J connectivity index is 1.42. The van der Waals surface area contributed by atoms with Crippen LogP contribution in [-0.4, -0.2) is 91.8 Å². The lowest BCUT2D eigenvalue weighted by Crippen LogP contribution is -2.56. The molecule has 0 bridgehead atoms. The monoisotopic (exact) mass is 429 g/mol. The summed E-state index contributed by atoms with van der Waals surface area (Å²) in [6.45, 7) is 11.9. The molecule has 3 heterocycles. The number of anilines is 1. The number of rotatable bonds is 6. The van der Waals surface area contributed by atoms with E-state index >= 15 is 0 Å². The van der Waals surface area contributed by atoms with E-state index in [2.05, 4.69) is 38.8 Å². The summed E-state index contributed by atoms with van der Waals surface area (Å²) in [5.74, 6) is 0.819. The van der Waals surface area contributed by atoms with Gasteiger partial charge in [-0.05, 0) is 19.9 Å². The number of hydrogen-bond acceptors (Lipinski definition) is 6. The van der Waals surface area contributed by atoms with E-state index < -0.39 is 0 Å². The lowest BCUT2D eigenvalue weighted by molar-refractivity contribution is -0.123. The van der Waals surface area contributed by atoms with E-state index in [9.17, 15) is 4.79 Å². The average Bonchev–Trinajstić information content (AvgIpc) is 2.68. The number of nitrogens with one attached hydrogen (secondary N) is 1. The highest BCUT2D eigenvalue weighted by atomic mass is 35.5. The van der Waals surface area contributed by atoms with Crippen LogP contribution in [0, 0.1) is 0 Å². The molecule has 3 rings (SSSR count). The fourth-order valence-electron chi connectivity index (χ4n) is 3.61. The second-order valence-electron chi connectivity index (χ2n) is 7.91. The molecule has 1 amide bonds. The van der Waals surface area contributed by atoms with E-state index in [-0.39, 0.29) is 11.4 Å². The predicted molar refractivity (Wildman–Crippen MR) is 112 cm³/mol. The Bertz CT molecular complexity index is 674. The molecule has 0 spiro atoms. The van der Waals surface area contributed by atoms with Gasteiger partial charge >= 0.3 is 0 Å². The SMILES string of the molecule is CC(C)(CNC(=O)CN1CCN(c2ncc(Cl)cc2Cl)CC1)N1CCOCC1. The van der Waals surface area contributed by atoms with Crippen LogP contribution >= 0.6 is 23.2 Å². The van der Waals surface area contributed by atoms with Gasteiger partial charge in [0, 0.05) is 57.5 Å². The standard InChI is InChI=1S/C19H29Cl2N5O2/c1-19(2,26-7-9-28-10-8-26)14-23-17(27)13-24-3-5-25(6-4-24)18-16(21)11-15(20)12-22-18/h11-12H,3-10,13-14H2,1-2H3,(H,23,27). The quantitative estimate of drug-likeness (QED) is 0.742. The third-order valence-corrected chi connectivity index (χ3v) is 5.90. The Hall–Kier alpha value is -1.12. The molecule has 0 aliphatic carbocycles. The van der Waals surface area contributed by atoms with Crippen LogP contribution in [0.4, 0.5) is 5.82 Å². The number of morpholine rings is 1. The van der Waals surface area contributed by atoms with E-state index in [4.69, 9.17) is 27.9 Å². The molecular formula is C19H29Cl2N5O2. The van der Waals surface area contributed by atoms with Crippen molar-refractivity contribution in [1.29, 1.82) is 0 Å². The van der Waals surface area contributed by atoms with Gasteiger partial charge in [0.1, 0.15) is 5.82 Å². The van der Waals surface area contributed by atoms with Crippen LogP contribution in [-0.2, 0) is 9.53 Å².